The van der Waals surface area contributed by atoms with Crippen molar-refractivity contribution in [1.29, 1.82) is 0 Å². The lowest BCUT2D eigenvalue weighted by atomic mass is 10.0. The minimum absolute atomic E-state index is 0.577. The van der Waals surface area contributed by atoms with E-state index in [0.717, 1.165) is 18.1 Å². The third-order valence-corrected chi connectivity index (χ3v) is 2.31. The number of carbonyl (C=O) groups is 1. The molecule has 0 amide bonds. The van der Waals surface area contributed by atoms with Gasteiger partial charge in [0.1, 0.15) is 6.29 Å². The normalized spacial score (nSPS) is 10.3. The highest BCUT2D eigenvalue weighted by Crippen LogP contribution is 2.18. The van der Waals surface area contributed by atoms with Crippen LogP contribution in [0.4, 0.5) is 0 Å². The fourth-order valence-corrected chi connectivity index (χ4v) is 1.61. The van der Waals surface area contributed by atoms with Gasteiger partial charge in [0.2, 0.25) is 0 Å². The maximum Gasteiger partial charge on any atom is 0.120 e. The first-order chi connectivity index (χ1) is 6.92. The number of carbonyl (C=O) groups excluding carboxylic acids is 1. The minimum atomic E-state index is 0.577. The number of nitrogens with zero attached hydrogens (tertiary/aromatic N) is 1. The molecular weight excluding hydrogens is 174 g/mol. The predicted molar refractivity (Wildman–Crippen MR) is 56.1 cm³/mol. The Hall–Kier alpha value is -1.70. The van der Waals surface area contributed by atoms with Gasteiger partial charge in [-0.15, -0.1) is 0 Å². The number of hydrogen-bond donors (Lipinski definition) is 0. The Labute approximate surface area is 82.6 Å². The van der Waals surface area contributed by atoms with E-state index in [4.69, 9.17) is 0 Å². The third kappa shape index (κ3) is 1.64. The van der Waals surface area contributed by atoms with Gasteiger partial charge >= 0.3 is 0 Å². The molecule has 0 aliphatic carbocycles. The molecule has 0 N–H and O–H groups in total. The standard InChI is InChI=1S/C12H11NO/c14-8-2-5-10-3-1-4-11-6-7-13-9-12(10)11/h1,3-4,6-9H,2,5H2. The Bertz CT molecular complexity index is 446. The average molecular weight is 185 g/mol. The van der Waals surface area contributed by atoms with Crippen molar-refractivity contribution < 1.29 is 4.79 Å². The van der Waals surface area contributed by atoms with Crippen LogP contribution >= 0.6 is 0 Å². The second-order valence-corrected chi connectivity index (χ2v) is 3.22. The Balaban J connectivity index is 2.48. The molecular formula is C12H11NO. The molecule has 0 unspecified atom stereocenters. The first-order valence-electron chi connectivity index (χ1n) is 4.67. The van der Waals surface area contributed by atoms with Crippen LogP contribution in [-0.4, -0.2) is 11.3 Å². The quantitative estimate of drug-likeness (QED) is 0.687. The van der Waals surface area contributed by atoms with E-state index in [0.29, 0.717) is 6.42 Å². The molecule has 2 nitrogen and oxygen atoms in total. The van der Waals surface area contributed by atoms with Crippen LogP contribution in [0.2, 0.25) is 0 Å². The number of aryl methyl sites for hydroxylation is 1. The van der Waals surface area contributed by atoms with Crippen molar-refractivity contribution in [2.24, 2.45) is 0 Å². The van der Waals surface area contributed by atoms with Crippen molar-refractivity contribution in [3.63, 3.8) is 0 Å². The molecule has 0 saturated carbocycles. The number of aromatic nitrogens is 1. The number of benzene rings is 1. The summed E-state index contributed by atoms with van der Waals surface area (Å²) in [5, 5.41) is 2.33. The van der Waals surface area contributed by atoms with E-state index in [9.17, 15) is 4.79 Å². The minimum Gasteiger partial charge on any atom is -0.303 e. The summed E-state index contributed by atoms with van der Waals surface area (Å²) < 4.78 is 0. The number of aldehydes is 1. The first kappa shape index (κ1) is 8.88. The van der Waals surface area contributed by atoms with Crippen molar-refractivity contribution in [2.45, 2.75) is 12.8 Å². The van der Waals surface area contributed by atoms with Gasteiger partial charge in [-0.25, -0.2) is 0 Å². The van der Waals surface area contributed by atoms with E-state index >= 15 is 0 Å². The SMILES string of the molecule is O=CCCc1cccc2ccncc12. The highest BCUT2D eigenvalue weighted by atomic mass is 16.1. The van der Waals surface area contributed by atoms with Crippen LogP contribution in [0.25, 0.3) is 10.8 Å². The first-order valence-corrected chi connectivity index (χ1v) is 4.67. The monoisotopic (exact) mass is 185 g/mol. The molecule has 0 spiro atoms. The van der Waals surface area contributed by atoms with Crippen molar-refractivity contribution in [2.75, 3.05) is 0 Å². The summed E-state index contributed by atoms with van der Waals surface area (Å²) in [6.45, 7) is 0. The lowest BCUT2D eigenvalue weighted by Crippen LogP contribution is -1.88. The molecule has 1 aromatic heterocycles. The van der Waals surface area contributed by atoms with Crippen LogP contribution in [0.5, 0.6) is 0 Å². The molecule has 2 rings (SSSR count). The summed E-state index contributed by atoms with van der Waals surface area (Å²) in [4.78, 5) is 14.4. The Morgan fingerprint density at radius 1 is 1.29 bits per heavy atom. The van der Waals surface area contributed by atoms with Gasteiger partial charge in [0.15, 0.2) is 0 Å². The number of pyridine rings is 1. The lowest BCUT2D eigenvalue weighted by Gasteiger charge is -2.03. The molecule has 1 heterocycles. The second kappa shape index (κ2) is 4.01. The van der Waals surface area contributed by atoms with Crippen LogP contribution in [-0.2, 0) is 11.2 Å². The van der Waals surface area contributed by atoms with Crippen LogP contribution in [0.15, 0.2) is 36.7 Å². The molecule has 0 bridgehead atoms. The maximum absolute atomic E-state index is 10.3. The van der Waals surface area contributed by atoms with Crippen molar-refractivity contribution >= 4 is 17.1 Å². The van der Waals surface area contributed by atoms with Crippen molar-refractivity contribution in [3.8, 4) is 0 Å². The van der Waals surface area contributed by atoms with Gasteiger partial charge in [-0.2, -0.15) is 0 Å². The van der Waals surface area contributed by atoms with E-state index < -0.39 is 0 Å². The Morgan fingerprint density at radius 3 is 3.07 bits per heavy atom. The molecule has 0 fully saturated rings. The van der Waals surface area contributed by atoms with E-state index in [1.807, 2.05) is 24.4 Å². The van der Waals surface area contributed by atoms with Gasteiger partial charge < -0.3 is 4.79 Å². The number of hydrogen-bond acceptors (Lipinski definition) is 2. The topological polar surface area (TPSA) is 30.0 Å². The fourth-order valence-electron chi connectivity index (χ4n) is 1.61. The molecule has 0 atom stereocenters. The zero-order chi connectivity index (χ0) is 9.80. The summed E-state index contributed by atoms with van der Waals surface area (Å²) in [7, 11) is 0. The highest BCUT2D eigenvalue weighted by molar-refractivity contribution is 5.84. The van der Waals surface area contributed by atoms with E-state index in [-0.39, 0.29) is 0 Å². The van der Waals surface area contributed by atoms with Crippen LogP contribution < -0.4 is 0 Å². The van der Waals surface area contributed by atoms with Gasteiger partial charge in [-0.3, -0.25) is 4.98 Å². The van der Waals surface area contributed by atoms with Gasteiger partial charge in [0, 0.05) is 24.2 Å². The van der Waals surface area contributed by atoms with Crippen LogP contribution in [0, 0.1) is 0 Å². The number of fused-ring (bicyclic) bond motifs is 1. The molecule has 0 radical (unpaired) electrons. The Morgan fingerprint density at radius 2 is 2.21 bits per heavy atom. The highest BCUT2D eigenvalue weighted by Gasteiger charge is 1.99. The summed E-state index contributed by atoms with van der Waals surface area (Å²) in [6.07, 6.45) is 5.97. The molecule has 14 heavy (non-hydrogen) atoms. The predicted octanol–water partition coefficient (Wildman–Crippen LogP) is 2.37. The second-order valence-electron chi connectivity index (χ2n) is 3.22. The van der Waals surface area contributed by atoms with E-state index in [1.165, 1.54) is 10.9 Å². The van der Waals surface area contributed by atoms with E-state index in [2.05, 4.69) is 11.1 Å². The van der Waals surface area contributed by atoms with Gasteiger partial charge in [-0.1, -0.05) is 18.2 Å². The molecule has 1 aromatic carbocycles. The van der Waals surface area contributed by atoms with Crippen molar-refractivity contribution in [3.05, 3.63) is 42.2 Å². The largest absolute Gasteiger partial charge is 0.303 e. The summed E-state index contributed by atoms with van der Waals surface area (Å²) in [6, 6.07) is 8.11. The molecule has 70 valence electrons. The number of rotatable bonds is 3. The smallest absolute Gasteiger partial charge is 0.120 e. The Kier molecular flexibility index (Phi) is 2.54. The van der Waals surface area contributed by atoms with E-state index in [1.54, 1.807) is 6.20 Å². The van der Waals surface area contributed by atoms with Gasteiger partial charge in [0.05, 0.1) is 0 Å². The molecule has 2 heteroatoms. The lowest BCUT2D eigenvalue weighted by molar-refractivity contribution is -0.107. The maximum atomic E-state index is 10.3. The molecule has 0 aliphatic rings. The van der Waals surface area contributed by atoms with Crippen molar-refractivity contribution in [1.82, 2.24) is 4.98 Å². The zero-order valence-corrected chi connectivity index (χ0v) is 7.81. The zero-order valence-electron chi connectivity index (χ0n) is 7.81. The third-order valence-electron chi connectivity index (χ3n) is 2.31. The fraction of sp³-hybridized carbons (Fsp3) is 0.167. The average Bonchev–Trinajstić information content (AvgIpc) is 2.26. The van der Waals surface area contributed by atoms with Gasteiger partial charge in [-0.05, 0) is 23.4 Å². The molecule has 0 saturated heterocycles. The van der Waals surface area contributed by atoms with Crippen LogP contribution in [0.1, 0.15) is 12.0 Å². The van der Waals surface area contributed by atoms with Crippen LogP contribution in [0.3, 0.4) is 0 Å². The summed E-state index contributed by atoms with van der Waals surface area (Å²) >= 11 is 0. The summed E-state index contributed by atoms with van der Waals surface area (Å²) in [5.74, 6) is 0. The molecule has 2 aromatic rings. The summed E-state index contributed by atoms with van der Waals surface area (Å²) in [5.41, 5.74) is 1.20. The molecule has 0 aliphatic heterocycles. The van der Waals surface area contributed by atoms with Gasteiger partial charge in [0.25, 0.3) is 0 Å².